The minimum atomic E-state index is -0.753. The van der Waals surface area contributed by atoms with Crippen LogP contribution in [-0.2, 0) is 9.53 Å². The van der Waals surface area contributed by atoms with Gasteiger partial charge in [-0.1, -0.05) is 17.7 Å². The monoisotopic (exact) mass is 357 g/mol. The van der Waals surface area contributed by atoms with E-state index in [1.807, 2.05) is 13.0 Å². The maximum absolute atomic E-state index is 12.0. The van der Waals surface area contributed by atoms with E-state index in [-0.39, 0.29) is 24.1 Å². The molecule has 1 heterocycles. The number of ether oxygens (including phenoxy) is 3. The summed E-state index contributed by atoms with van der Waals surface area (Å²) in [5, 5.41) is 12.5. The first-order chi connectivity index (χ1) is 12.4. The zero-order valence-electron chi connectivity index (χ0n) is 14.4. The van der Waals surface area contributed by atoms with E-state index in [2.05, 4.69) is 5.32 Å². The first-order valence-corrected chi connectivity index (χ1v) is 8.09. The average molecular weight is 357 g/mol. The Morgan fingerprint density at radius 3 is 2.77 bits per heavy atom. The number of nitrogens with one attached hydrogen (secondary N) is 1. The van der Waals surface area contributed by atoms with Gasteiger partial charge < -0.3 is 24.6 Å². The van der Waals surface area contributed by atoms with E-state index < -0.39 is 18.5 Å². The third kappa shape index (κ3) is 3.88. The Balaban J connectivity index is 1.55. The van der Waals surface area contributed by atoms with Crippen LogP contribution in [0.15, 0.2) is 36.4 Å². The maximum Gasteiger partial charge on any atom is 0.342 e. The predicted molar refractivity (Wildman–Crippen MR) is 92.2 cm³/mol. The second-order valence-electron chi connectivity index (χ2n) is 6.00. The van der Waals surface area contributed by atoms with E-state index in [4.69, 9.17) is 14.2 Å². The minimum absolute atomic E-state index is 0.0293. The van der Waals surface area contributed by atoms with Gasteiger partial charge in [0.05, 0.1) is 6.04 Å². The lowest BCUT2D eigenvalue weighted by Gasteiger charge is -2.15. The van der Waals surface area contributed by atoms with Crippen LogP contribution in [0.1, 0.15) is 34.5 Å². The number of phenolic OH excluding ortho intramolecular Hbond substituents is 1. The first kappa shape index (κ1) is 17.6. The molecular formula is C19H19NO6. The van der Waals surface area contributed by atoms with Crippen molar-refractivity contribution in [1.82, 2.24) is 5.32 Å². The number of esters is 1. The highest BCUT2D eigenvalue weighted by atomic mass is 16.7. The Bertz CT molecular complexity index is 848. The van der Waals surface area contributed by atoms with Gasteiger partial charge in [0.1, 0.15) is 11.3 Å². The van der Waals surface area contributed by atoms with Crippen molar-refractivity contribution in [1.29, 1.82) is 0 Å². The number of carbonyl (C=O) groups excluding carboxylic acids is 2. The van der Waals surface area contributed by atoms with Gasteiger partial charge in [-0.2, -0.15) is 0 Å². The van der Waals surface area contributed by atoms with Gasteiger partial charge in [-0.25, -0.2) is 4.79 Å². The van der Waals surface area contributed by atoms with Crippen LogP contribution in [0.2, 0.25) is 0 Å². The number of hydrogen-bond donors (Lipinski definition) is 2. The second kappa shape index (κ2) is 7.35. The molecule has 0 aliphatic carbocycles. The van der Waals surface area contributed by atoms with Crippen LogP contribution in [0.3, 0.4) is 0 Å². The van der Waals surface area contributed by atoms with E-state index in [1.54, 1.807) is 25.1 Å². The molecule has 0 bridgehead atoms. The number of amides is 1. The van der Waals surface area contributed by atoms with E-state index >= 15 is 0 Å². The number of aromatic hydroxyl groups is 1. The number of carbonyl (C=O) groups is 2. The van der Waals surface area contributed by atoms with Gasteiger partial charge in [-0.05, 0) is 43.7 Å². The van der Waals surface area contributed by atoms with Crippen molar-refractivity contribution in [2.24, 2.45) is 0 Å². The smallest absolute Gasteiger partial charge is 0.342 e. The average Bonchev–Trinajstić information content (AvgIpc) is 3.09. The molecule has 0 radical (unpaired) electrons. The molecule has 26 heavy (non-hydrogen) atoms. The molecule has 1 aliphatic heterocycles. The highest BCUT2D eigenvalue weighted by Crippen LogP contribution is 2.34. The van der Waals surface area contributed by atoms with Crippen molar-refractivity contribution >= 4 is 11.9 Å². The molecule has 1 amide bonds. The van der Waals surface area contributed by atoms with Gasteiger partial charge in [0, 0.05) is 0 Å². The summed E-state index contributed by atoms with van der Waals surface area (Å²) in [7, 11) is 0. The lowest BCUT2D eigenvalue weighted by molar-refractivity contribution is -0.124. The third-order valence-electron chi connectivity index (χ3n) is 3.98. The molecule has 136 valence electrons. The zero-order valence-corrected chi connectivity index (χ0v) is 14.4. The van der Waals surface area contributed by atoms with Gasteiger partial charge in [0.2, 0.25) is 6.79 Å². The fourth-order valence-electron chi connectivity index (χ4n) is 2.57. The Hall–Kier alpha value is -3.22. The largest absolute Gasteiger partial charge is 0.507 e. The molecule has 7 nitrogen and oxygen atoms in total. The van der Waals surface area contributed by atoms with Crippen LogP contribution in [0.25, 0.3) is 0 Å². The van der Waals surface area contributed by atoms with E-state index in [9.17, 15) is 14.7 Å². The van der Waals surface area contributed by atoms with Gasteiger partial charge in [0.15, 0.2) is 18.1 Å². The van der Waals surface area contributed by atoms with Crippen molar-refractivity contribution < 1.29 is 28.9 Å². The molecule has 0 fully saturated rings. The summed E-state index contributed by atoms with van der Waals surface area (Å²) in [5.41, 5.74) is 1.67. The number of aryl methyl sites for hydroxylation is 1. The van der Waals surface area contributed by atoms with Crippen LogP contribution in [0.4, 0.5) is 0 Å². The second-order valence-corrected chi connectivity index (χ2v) is 6.00. The Kier molecular flexibility index (Phi) is 4.97. The molecule has 1 aliphatic rings. The summed E-state index contributed by atoms with van der Waals surface area (Å²) in [4.78, 5) is 24.1. The summed E-state index contributed by atoms with van der Waals surface area (Å²) >= 11 is 0. The van der Waals surface area contributed by atoms with Gasteiger partial charge in [0.25, 0.3) is 5.91 Å². The van der Waals surface area contributed by atoms with Gasteiger partial charge in [-0.3, -0.25) is 4.79 Å². The highest BCUT2D eigenvalue weighted by molar-refractivity contribution is 5.94. The fraction of sp³-hybridized carbons (Fsp3) is 0.263. The van der Waals surface area contributed by atoms with E-state index in [0.29, 0.717) is 11.5 Å². The van der Waals surface area contributed by atoms with Crippen LogP contribution in [0, 0.1) is 6.92 Å². The minimum Gasteiger partial charge on any atom is -0.507 e. The fourth-order valence-corrected chi connectivity index (χ4v) is 2.57. The van der Waals surface area contributed by atoms with Crippen LogP contribution in [-0.4, -0.2) is 30.4 Å². The summed E-state index contributed by atoms with van der Waals surface area (Å²) in [6.07, 6.45) is 0. The number of benzene rings is 2. The SMILES string of the molecule is Cc1ccc(O)c(C(=O)OCC(=O)N[C@H](C)c2ccc3c(c2)OCO3)c1. The molecular weight excluding hydrogens is 338 g/mol. The van der Waals surface area contributed by atoms with Crippen molar-refractivity contribution in [2.75, 3.05) is 13.4 Å². The molecule has 1 atom stereocenters. The Morgan fingerprint density at radius 1 is 1.19 bits per heavy atom. The predicted octanol–water partition coefficient (Wildman–Crippen LogP) is 2.46. The Morgan fingerprint density at radius 2 is 1.96 bits per heavy atom. The zero-order chi connectivity index (χ0) is 18.7. The molecule has 2 aromatic carbocycles. The van der Waals surface area contributed by atoms with Crippen LogP contribution < -0.4 is 14.8 Å². The lowest BCUT2D eigenvalue weighted by atomic mass is 10.1. The normalized spacial score (nSPS) is 13.2. The van der Waals surface area contributed by atoms with Crippen LogP contribution >= 0.6 is 0 Å². The topological polar surface area (TPSA) is 94.1 Å². The third-order valence-corrected chi connectivity index (χ3v) is 3.98. The molecule has 0 aromatic heterocycles. The first-order valence-electron chi connectivity index (χ1n) is 8.09. The maximum atomic E-state index is 12.0. The molecule has 0 saturated carbocycles. The Labute approximate surface area is 150 Å². The molecule has 2 aromatic rings. The van der Waals surface area contributed by atoms with Crippen LogP contribution in [0.5, 0.6) is 17.2 Å². The van der Waals surface area contributed by atoms with Crippen molar-refractivity contribution in [3.8, 4) is 17.2 Å². The highest BCUT2D eigenvalue weighted by Gasteiger charge is 2.18. The quantitative estimate of drug-likeness (QED) is 0.799. The summed E-state index contributed by atoms with van der Waals surface area (Å²) < 4.78 is 15.5. The van der Waals surface area contributed by atoms with E-state index in [0.717, 1.165) is 11.1 Å². The molecule has 0 saturated heterocycles. The molecule has 7 heteroatoms. The summed E-state index contributed by atoms with van der Waals surface area (Å²) in [6.45, 7) is 3.34. The molecule has 3 rings (SSSR count). The van der Waals surface area contributed by atoms with Crippen molar-refractivity contribution in [3.05, 3.63) is 53.1 Å². The van der Waals surface area contributed by atoms with Gasteiger partial charge >= 0.3 is 5.97 Å². The lowest BCUT2D eigenvalue weighted by Crippen LogP contribution is -2.31. The van der Waals surface area contributed by atoms with Crippen molar-refractivity contribution in [3.63, 3.8) is 0 Å². The molecule has 2 N–H and O–H groups in total. The molecule has 0 unspecified atom stereocenters. The van der Waals surface area contributed by atoms with E-state index in [1.165, 1.54) is 12.1 Å². The number of rotatable bonds is 5. The number of phenols is 1. The summed E-state index contributed by atoms with van der Waals surface area (Å²) in [5.74, 6) is -0.0911. The number of hydrogen-bond acceptors (Lipinski definition) is 6. The number of fused-ring (bicyclic) bond motifs is 1. The van der Waals surface area contributed by atoms with Crippen molar-refractivity contribution in [2.45, 2.75) is 19.9 Å². The molecule has 0 spiro atoms. The summed E-state index contributed by atoms with van der Waals surface area (Å²) in [6, 6.07) is 9.69. The van der Waals surface area contributed by atoms with Gasteiger partial charge in [-0.15, -0.1) is 0 Å². The standard InChI is InChI=1S/C19H19NO6/c1-11-3-5-15(21)14(7-11)19(23)24-9-18(22)20-12(2)13-4-6-16-17(8-13)26-10-25-16/h3-8,12,21H,9-10H2,1-2H3,(H,20,22)/t12-/m1/s1.